The first-order valence-electron chi connectivity index (χ1n) is 5.98. The van der Waals surface area contributed by atoms with E-state index in [0.717, 1.165) is 12.1 Å². The molecule has 1 rings (SSSR count). The summed E-state index contributed by atoms with van der Waals surface area (Å²) in [7, 11) is -4.02. The van der Waals surface area contributed by atoms with Crippen molar-refractivity contribution in [2.24, 2.45) is 0 Å². The molecule has 3 N–H and O–H groups in total. The van der Waals surface area contributed by atoms with Crippen LogP contribution in [0.3, 0.4) is 0 Å². The van der Waals surface area contributed by atoms with Gasteiger partial charge in [0.05, 0.1) is 21.7 Å². The first kappa shape index (κ1) is 18.2. The van der Waals surface area contributed by atoms with Crippen molar-refractivity contribution in [3.05, 3.63) is 27.7 Å². The molecule has 1 aromatic carbocycles. The molecule has 0 aliphatic carbocycles. The van der Waals surface area contributed by atoms with Gasteiger partial charge in [-0.2, -0.15) is 0 Å². The number of halogens is 2. The van der Waals surface area contributed by atoms with Gasteiger partial charge in [0.1, 0.15) is 4.90 Å². The van der Waals surface area contributed by atoms with Gasteiger partial charge in [-0.25, -0.2) is 17.9 Å². The Hall–Kier alpha value is -0.860. The summed E-state index contributed by atoms with van der Waals surface area (Å²) in [5.41, 5.74) is -0.468. The molecule has 118 valence electrons. The van der Waals surface area contributed by atoms with Gasteiger partial charge in [0, 0.05) is 6.04 Å². The molecule has 0 saturated heterocycles. The molecule has 0 radical (unpaired) electrons. The van der Waals surface area contributed by atoms with E-state index in [0.29, 0.717) is 0 Å². The van der Waals surface area contributed by atoms with Crippen molar-refractivity contribution in [3.8, 4) is 0 Å². The maximum Gasteiger partial charge on any atom is 0.338 e. The topological polar surface area (TPSA) is 104 Å². The molecule has 0 aliphatic heterocycles. The van der Waals surface area contributed by atoms with Crippen LogP contribution in [0.2, 0.25) is 10.0 Å². The molecule has 0 spiro atoms. The minimum absolute atomic E-state index is 0.150. The molecule has 21 heavy (non-hydrogen) atoms. The number of carboxylic acid groups (broad SMARTS) is 1. The summed E-state index contributed by atoms with van der Waals surface area (Å²) in [5.74, 6) is -1.42. The summed E-state index contributed by atoms with van der Waals surface area (Å²) in [5, 5.41) is 17.7. The van der Waals surface area contributed by atoms with Gasteiger partial charge in [-0.3, -0.25) is 0 Å². The lowest BCUT2D eigenvalue weighted by Gasteiger charge is -2.17. The third-order valence-corrected chi connectivity index (χ3v) is 5.06. The van der Waals surface area contributed by atoms with Gasteiger partial charge in [0.25, 0.3) is 0 Å². The number of rotatable bonds is 6. The van der Waals surface area contributed by atoms with E-state index >= 15 is 0 Å². The molecular weight excluding hydrogens is 341 g/mol. The maximum absolute atomic E-state index is 12.2. The molecule has 0 bridgehead atoms. The fourth-order valence-electron chi connectivity index (χ4n) is 1.83. The van der Waals surface area contributed by atoms with Crippen LogP contribution in [-0.2, 0) is 10.0 Å². The summed E-state index contributed by atoms with van der Waals surface area (Å²) in [6.45, 7) is 3.11. The smallest absolute Gasteiger partial charge is 0.338 e. The maximum atomic E-state index is 12.2. The highest BCUT2D eigenvalue weighted by atomic mass is 35.5. The first-order chi connectivity index (χ1) is 9.56. The van der Waals surface area contributed by atoms with E-state index in [-0.39, 0.29) is 16.3 Å². The van der Waals surface area contributed by atoms with E-state index in [1.54, 1.807) is 6.92 Å². The molecule has 6 nitrogen and oxygen atoms in total. The van der Waals surface area contributed by atoms with Crippen LogP contribution in [0.15, 0.2) is 17.0 Å². The second kappa shape index (κ2) is 6.93. The van der Waals surface area contributed by atoms with E-state index in [1.165, 1.54) is 6.92 Å². The van der Waals surface area contributed by atoms with Crippen LogP contribution in [0.4, 0.5) is 0 Å². The summed E-state index contributed by atoms with van der Waals surface area (Å²) in [6, 6.07) is 1.74. The molecule has 0 heterocycles. The number of aromatic carboxylic acids is 1. The zero-order valence-corrected chi connectivity index (χ0v) is 13.6. The van der Waals surface area contributed by atoms with E-state index < -0.39 is 38.7 Å². The van der Waals surface area contributed by atoms with Crippen LogP contribution in [0.25, 0.3) is 0 Å². The molecule has 0 saturated carbocycles. The fraction of sp³-hybridized carbons (Fsp3) is 0.417. The van der Waals surface area contributed by atoms with Gasteiger partial charge < -0.3 is 10.2 Å². The fourth-order valence-corrected chi connectivity index (χ4v) is 4.00. The van der Waals surface area contributed by atoms with Gasteiger partial charge in [0.2, 0.25) is 10.0 Å². The van der Waals surface area contributed by atoms with E-state index in [9.17, 15) is 18.3 Å². The highest BCUT2D eigenvalue weighted by Crippen LogP contribution is 2.31. The SMILES string of the molecule is CC(O)CC(C)NS(=O)(=O)c1ccc(Cl)c(C(=O)O)c1Cl. The molecule has 1 aromatic rings. The number of hydrogen-bond acceptors (Lipinski definition) is 4. The van der Waals surface area contributed by atoms with Gasteiger partial charge in [-0.1, -0.05) is 23.2 Å². The quantitative estimate of drug-likeness (QED) is 0.724. The molecule has 0 fully saturated rings. The molecule has 2 atom stereocenters. The average molecular weight is 356 g/mol. The van der Waals surface area contributed by atoms with Crippen molar-refractivity contribution >= 4 is 39.2 Å². The number of hydrogen-bond donors (Lipinski definition) is 3. The average Bonchev–Trinajstić information content (AvgIpc) is 2.25. The lowest BCUT2D eigenvalue weighted by Crippen LogP contribution is -2.35. The largest absolute Gasteiger partial charge is 0.478 e. The Morgan fingerprint density at radius 1 is 1.33 bits per heavy atom. The minimum Gasteiger partial charge on any atom is -0.478 e. The monoisotopic (exact) mass is 355 g/mol. The normalized spacial score (nSPS) is 14.7. The lowest BCUT2D eigenvalue weighted by atomic mass is 10.2. The van der Waals surface area contributed by atoms with E-state index in [1.807, 2.05) is 0 Å². The Morgan fingerprint density at radius 2 is 1.90 bits per heavy atom. The summed E-state index contributed by atoms with van der Waals surface area (Å²) in [4.78, 5) is 10.7. The molecule has 0 aromatic heterocycles. The van der Waals surface area contributed by atoms with Crippen LogP contribution in [0, 0.1) is 0 Å². The standard InChI is InChI=1S/C12H15Cl2NO5S/c1-6(5-7(2)16)15-21(19,20)9-4-3-8(13)10(11(9)14)12(17)18/h3-4,6-7,15-16H,5H2,1-2H3,(H,17,18). The molecule has 9 heteroatoms. The third kappa shape index (κ3) is 4.55. The van der Waals surface area contributed by atoms with Crippen molar-refractivity contribution in [1.29, 1.82) is 0 Å². The number of aliphatic hydroxyl groups excluding tert-OH is 1. The second-order valence-corrected chi connectivity index (χ2v) is 7.11. The molecule has 0 amide bonds. The van der Waals surface area contributed by atoms with E-state index in [2.05, 4.69) is 4.72 Å². The Labute approximate surface area is 132 Å². The number of carboxylic acids is 1. The number of benzene rings is 1. The van der Waals surface area contributed by atoms with Crippen LogP contribution in [-0.4, -0.2) is 36.7 Å². The van der Waals surface area contributed by atoms with Crippen LogP contribution < -0.4 is 4.72 Å². The van der Waals surface area contributed by atoms with Crippen molar-refractivity contribution in [3.63, 3.8) is 0 Å². The molecular formula is C12H15Cl2NO5S. The van der Waals surface area contributed by atoms with Crippen LogP contribution in [0.1, 0.15) is 30.6 Å². The second-order valence-electron chi connectivity index (χ2n) is 4.65. The van der Waals surface area contributed by atoms with Crippen molar-refractivity contribution in [2.75, 3.05) is 0 Å². The van der Waals surface area contributed by atoms with Gasteiger partial charge in [-0.15, -0.1) is 0 Å². The third-order valence-electron chi connectivity index (χ3n) is 2.61. The minimum atomic E-state index is -4.02. The van der Waals surface area contributed by atoms with Crippen molar-refractivity contribution < 1.29 is 23.4 Å². The highest BCUT2D eigenvalue weighted by Gasteiger charge is 2.26. The Kier molecular flexibility index (Phi) is 6.01. The predicted molar refractivity (Wildman–Crippen MR) is 79.5 cm³/mol. The highest BCUT2D eigenvalue weighted by molar-refractivity contribution is 7.89. The van der Waals surface area contributed by atoms with Crippen molar-refractivity contribution in [1.82, 2.24) is 4.72 Å². The molecule has 2 unspecified atom stereocenters. The zero-order valence-electron chi connectivity index (χ0n) is 11.3. The predicted octanol–water partition coefficient (Wildman–Crippen LogP) is 2.13. The van der Waals surface area contributed by atoms with Gasteiger partial charge in [-0.05, 0) is 32.4 Å². The Morgan fingerprint density at radius 3 is 2.38 bits per heavy atom. The number of aliphatic hydroxyl groups is 1. The van der Waals surface area contributed by atoms with Crippen LogP contribution in [0.5, 0.6) is 0 Å². The Balaban J connectivity index is 3.21. The summed E-state index contributed by atoms with van der Waals surface area (Å²) >= 11 is 11.6. The number of carbonyl (C=O) groups is 1. The van der Waals surface area contributed by atoms with Gasteiger partial charge >= 0.3 is 5.97 Å². The lowest BCUT2D eigenvalue weighted by molar-refractivity contribution is 0.0697. The number of sulfonamides is 1. The summed E-state index contributed by atoms with van der Waals surface area (Å²) in [6.07, 6.45) is -0.478. The van der Waals surface area contributed by atoms with E-state index in [4.69, 9.17) is 28.3 Å². The van der Waals surface area contributed by atoms with Gasteiger partial charge in [0.15, 0.2) is 0 Å². The first-order valence-corrected chi connectivity index (χ1v) is 8.22. The molecule has 0 aliphatic rings. The van der Waals surface area contributed by atoms with Crippen LogP contribution >= 0.6 is 23.2 Å². The van der Waals surface area contributed by atoms with Crippen molar-refractivity contribution in [2.45, 2.75) is 37.3 Å². The summed E-state index contributed by atoms with van der Waals surface area (Å²) < 4.78 is 26.8. The Bertz CT molecular complexity index is 645. The zero-order chi connectivity index (χ0) is 16.4. The number of nitrogens with one attached hydrogen (secondary N) is 1.